The Labute approximate surface area is 365 Å². The summed E-state index contributed by atoms with van der Waals surface area (Å²) in [5.74, 6) is 0. The second-order valence-corrected chi connectivity index (χ2v) is 14.0. The van der Waals surface area contributed by atoms with Gasteiger partial charge in [-0.05, 0) is 144 Å². The Kier molecular flexibility index (Phi) is 6.55. The highest BCUT2D eigenvalue weighted by Gasteiger charge is 2.15. The number of nitrogens with zero attached hydrogens (tertiary/aromatic N) is 1. The first kappa shape index (κ1) is 24.1. The maximum atomic E-state index is 9.64. The molecule has 10 rings (SSSR count). The third kappa shape index (κ3) is 7.58. The van der Waals surface area contributed by atoms with Gasteiger partial charge in [0.05, 0.1) is 17.8 Å². The van der Waals surface area contributed by atoms with Gasteiger partial charge in [0.1, 0.15) is 0 Å². The van der Waals surface area contributed by atoms with Gasteiger partial charge in [0.2, 0.25) is 0 Å². The minimum Gasteiger partial charge on any atom is -0.311 e. The van der Waals surface area contributed by atoms with Gasteiger partial charge >= 0.3 is 0 Å². The van der Waals surface area contributed by atoms with E-state index in [1.165, 1.54) is 4.90 Å². The molecule has 10 aromatic carbocycles. The third-order valence-electron chi connectivity index (χ3n) is 10.3. The molecule has 59 heavy (non-hydrogen) atoms. The van der Waals surface area contributed by atoms with Crippen molar-refractivity contribution >= 4 is 27.8 Å². The lowest BCUT2D eigenvalue weighted by Crippen LogP contribution is -2.09. The van der Waals surface area contributed by atoms with Crippen LogP contribution in [0.4, 0.5) is 17.1 Å². The van der Waals surface area contributed by atoms with Crippen molar-refractivity contribution in [2.45, 2.75) is 0 Å². The average molecular weight is 765 g/mol. The van der Waals surface area contributed by atoms with Gasteiger partial charge < -0.3 is 4.90 Å². The van der Waals surface area contributed by atoms with E-state index in [0.717, 1.165) is 55.3 Å². The molecule has 278 valence electrons. The van der Waals surface area contributed by atoms with Crippen LogP contribution in [-0.4, -0.2) is 0 Å². The zero-order chi connectivity index (χ0) is 50.7. The zero-order valence-electron chi connectivity index (χ0n) is 44.6. The first-order valence-corrected chi connectivity index (χ1v) is 19.2. The van der Waals surface area contributed by atoms with E-state index in [0.29, 0.717) is 5.56 Å². The summed E-state index contributed by atoms with van der Waals surface area (Å²) in [4.78, 5) is 1.18. The Morgan fingerprint density at radius 2 is 0.644 bits per heavy atom. The monoisotopic (exact) mass is 764 g/mol. The lowest BCUT2D eigenvalue weighted by Gasteiger charge is -2.26. The smallest absolute Gasteiger partial charge is 0.0645 e. The molecule has 0 aliphatic rings. The van der Waals surface area contributed by atoms with Gasteiger partial charge in [-0.3, -0.25) is 0 Å². The van der Waals surface area contributed by atoms with Gasteiger partial charge in [-0.1, -0.05) is 182 Å². The Hall–Kier alpha value is -7.74. The lowest BCUT2D eigenvalue weighted by molar-refractivity contribution is 1.28. The van der Waals surface area contributed by atoms with Gasteiger partial charge in [-0.15, -0.1) is 0 Å². The van der Waals surface area contributed by atoms with Crippen molar-refractivity contribution in [3.8, 4) is 66.8 Å². The molecule has 1 heteroatoms. The molecule has 0 fully saturated rings. The van der Waals surface area contributed by atoms with E-state index in [2.05, 4.69) is 18.2 Å². The summed E-state index contributed by atoms with van der Waals surface area (Å²) < 4.78 is 118. The van der Waals surface area contributed by atoms with Crippen molar-refractivity contribution in [1.29, 1.82) is 0 Å². The van der Waals surface area contributed by atoms with Crippen LogP contribution >= 0.6 is 0 Å². The van der Waals surface area contributed by atoms with Crippen LogP contribution in [0.2, 0.25) is 0 Å². The molecular weight excluding hydrogens is 711 g/mol. The highest BCUT2D eigenvalue weighted by atomic mass is 15.1. The summed E-state index contributed by atoms with van der Waals surface area (Å²) in [7, 11) is 0. The number of benzene rings is 10. The van der Waals surface area contributed by atoms with Crippen LogP contribution in [0.5, 0.6) is 0 Å². The SMILES string of the molecule is [2H]c1c([2H])c([2H])c(-c2c([2H])c([2H])c(N(c3ccc(-c4cc(-c5ccccc5)cc(-c5ccccc5)c4)cc3)c3c([2H])c([2H])c(-c4cccc(-c5ccc6ccccc6c5)c4)c([2H])c3[2H])c([2H])c2[2H])c([2H])c1[2H]. The minimum absolute atomic E-state index is 0.00953. The number of hydrogen-bond acceptors (Lipinski definition) is 1. The normalized spacial score (nSPS) is 14.1. The fourth-order valence-corrected chi connectivity index (χ4v) is 7.26. The van der Waals surface area contributed by atoms with E-state index in [9.17, 15) is 11.0 Å². The van der Waals surface area contributed by atoms with Crippen LogP contribution in [0.3, 0.4) is 0 Å². The second-order valence-electron chi connectivity index (χ2n) is 14.0. The second kappa shape index (κ2) is 16.0. The predicted octanol–water partition coefficient (Wildman–Crippen LogP) is 16.3. The fraction of sp³-hybridized carbons (Fsp3) is 0. The number of hydrogen-bond donors (Lipinski definition) is 0. The van der Waals surface area contributed by atoms with E-state index in [1.807, 2.05) is 109 Å². The van der Waals surface area contributed by atoms with Crippen molar-refractivity contribution in [2.75, 3.05) is 4.90 Å². The fourth-order valence-electron chi connectivity index (χ4n) is 7.26. The highest BCUT2D eigenvalue weighted by Crippen LogP contribution is 2.39. The molecule has 0 unspecified atom stereocenters. The van der Waals surface area contributed by atoms with Crippen molar-refractivity contribution in [2.24, 2.45) is 0 Å². The first-order chi connectivity index (χ1) is 34.6. The van der Waals surface area contributed by atoms with Gasteiger partial charge in [0, 0.05) is 17.1 Å². The van der Waals surface area contributed by atoms with E-state index in [-0.39, 0.29) is 16.9 Å². The molecule has 0 spiro atoms. The molecule has 0 amide bonds. The average Bonchev–Trinajstić information content (AvgIpc) is 3.41. The lowest BCUT2D eigenvalue weighted by atomic mass is 9.93. The highest BCUT2D eigenvalue weighted by molar-refractivity contribution is 5.89. The molecule has 10 aromatic rings. The van der Waals surface area contributed by atoms with E-state index < -0.39 is 95.4 Å². The maximum absolute atomic E-state index is 9.64. The van der Waals surface area contributed by atoms with Crippen LogP contribution in [-0.2, 0) is 0 Å². The number of rotatable bonds is 9. The number of fused-ring (bicyclic) bond motifs is 1. The topological polar surface area (TPSA) is 3.24 Å². The van der Waals surface area contributed by atoms with E-state index >= 15 is 0 Å². The molecule has 0 saturated heterocycles. The largest absolute Gasteiger partial charge is 0.311 e. The predicted molar refractivity (Wildman–Crippen MR) is 251 cm³/mol. The van der Waals surface area contributed by atoms with Crippen LogP contribution < -0.4 is 4.90 Å². The molecule has 0 N–H and O–H groups in total. The standard InChI is InChI=1S/C58H41N/c1-4-13-42(14-5-1)46-25-31-56(32-26-46)59(57-33-27-47(28-34-57)50-21-12-22-51(37-50)52-24-23-45-19-10-11-20-49(45)38-52)58-35-29-48(30-36-58)55-40-53(43-15-6-2-7-16-43)39-54(41-55)44-17-8-3-9-18-44/h1-41H/i1D,4D,5D,13D,14D,25D,26D,27D,28D,31D,32D,33D,34D. The molecule has 1 nitrogen and oxygen atoms in total. The summed E-state index contributed by atoms with van der Waals surface area (Å²) >= 11 is 0. The Morgan fingerprint density at radius 3 is 1.22 bits per heavy atom. The van der Waals surface area contributed by atoms with Crippen molar-refractivity contribution in [1.82, 2.24) is 0 Å². The maximum Gasteiger partial charge on any atom is 0.0645 e. The molecule has 0 aliphatic heterocycles. The van der Waals surface area contributed by atoms with Crippen LogP contribution in [0.25, 0.3) is 77.5 Å². The summed E-state index contributed by atoms with van der Waals surface area (Å²) in [6.07, 6.45) is 0. The Balaban J connectivity index is 1.17. The Bertz CT molecular complexity index is 3640. The van der Waals surface area contributed by atoms with E-state index in [4.69, 9.17) is 6.85 Å². The summed E-state index contributed by atoms with van der Waals surface area (Å²) in [5, 5.41) is 2.09. The van der Waals surface area contributed by atoms with Gasteiger partial charge in [0.25, 0.3) is 0 Å². The molecular formula is C58H41N. The minimum atomic E-state index is -0.741. The molecule has 0 saturated carbocycles. The summed E-state index contributed by atoms with van der Waals surface area (Å²) in [6, 6.07) is 45.8. The first-order valence-electron chi connectivity index (χ1n) is 25.7. The Morgan fingerprint density at radius 1 is 0.237 bits per heavy atom. The van der Waals surface area contributed by atoms with Crippen LogP contribution in [0.15, 0.2) is 248 Å². The van der Waals surface area contributed by atoms with Gasteiger partial charge in [0.15, 0.2) is 0 Å². The molecule has 0 radical (unpaired) electrons. The quantitative estimate of drug-likeness (QED) is 0.141. The van der Waals surface area contributed by atoms with Gasteiger partial charge in [-0.2, -0.15) is 0 Å². The molecule has 0 aliphatic carbocycles. The zero-order valence-corrected chi connectivity index (χ0v) is 31.6. The van der Waals surface area contributed by atoms with Crippen molar-refractivity contribution in [3.63, 3.8) is 0 Å². The van der Waals surface area contributed by atoms with E-state index in [1.54, 1.807) is 42.5 Å². The summed E-state index contributed by atoms with van der Waals surface area (Å²) in [5.41, 5.74) is 5.94. The van der Waals surface area contributed by atoms with Gasteiger partial charge in [-0.25, -0.2) is 0 Å². The summed E-state index contributed by atoms with van der Waals surface area (Å²) in [6.45, 7) is 0. The molecule has 0 heterocycles. The van der Waals surface area contributed by atoms with Crippen molar-refractivity contribution < 1.29 is 17.8 Å². The molecule has 0 atom stereocenters. The third-order valence-corrected chi connectivity index (χ3v) is 10.3. The molecule has 0 bridgehead atoms. The van der Waals surface area contributed by atoms with Crippen LogP contribution in [0.1, 0.15) is 17.8 Å². The van der Waals surface area contributed by atoms with Crippen LogP contribution in [0, 0.1) is 0 Å². The number of anilines is 3. The molecule has 0 aromatic heterocycles. The van der Waals surface area contributed by atoms with Crippen molar-refractivity contribution in [3.05, 3.63) is 248 Å².